The highest BCUT2D eigenvalue weighted by molar-refractivity contribution is 5.63. The van der Waals surface area contributed by atoms with Gasteiger partial charge in [0, 0.05) is 0 Å². The molecule has 0 spiro atoms. The van der Waals surface area contributed by atoms with Crippen molar-refractivity contribution in [2.24, 2.45) is 0 Å². The Morgan fingerprint density at radius 1 is 1.36 bits per heavy atom. The van der Waals surface area contributed by atoms with Crippen molar-refractivity contribution in [3.8, 4) is 0 Å². The predicted molar refractivity (Wildman–Crippen MR) is 35.9 cm³/mol. The average Bonchev–Trinajstić information content (AvgIpc) is 2.27. The van der Waals surface area contributed by atoms with Gasteiger partial charge in [0.15, 0.2) is 11.6 Å². The molecule has 7 nitrogen and oxygen atoms in total. The van der Waals surface area contributed by atoms with Gasteiger partial charge in [-0.1, -0.05) is 0 Å². The van der Waals surface area contributed by atoms with E-state index in [0.717, 1.165) is 0 Å². The highest BCUT2D eigenvalue weighted by Gasteiger charge is 2.19. The number of aliphatic hydroxyl groups is 1. The van der Waals surface area contributed by atoms with Crippen LogP contribution in [0.5, 0.6) is 0 Å². The Kier molecular flexibility index (Phi) is 1.07. The van der Waals surface area contributed by atoms with Gasteiger partial charge in [-0.15, -0.1) is 5.10 Å². The van der Waals surface area contributed by atoms with Crippen molar-refractivity contribution in [2.45, 2.75) is 6.35 Å². The van der Waals surface area contributed by atoms with Crippen molar-refractivity contribution in [1.82, 2.24) is 15.2 Å². The molecule has 1 aliphatic heterocycles. The molecule has 1 aliphatic rings. The van der Waals surface area contributed by atoms with Crippen LogP contribution in [-0.4, -0.2) is 26.6 Å². The van der Waals surface area contributed by atoms with Crippen LogP contribution in [0.1, 0.15) is 0 Å². The first kappa shape index (κ1) is 6.10. The van der Waals surface area contributed by atoms with Gasteiger partial charge >= 0.3 is 5.69 Å². The quantitative estimate of drug-likeness (QED) is 0.355. The third-order valence-electron chi connectivity index (χ3n) is 1.25. The minimum atomic E-state index is -0.916. The highest BCUT2D eigenvalue weighted by Crippen LogP contribution is 2.19. The number of H-pyrrole nitrogens is 1. The summed E-state index contributed by atoms with van der Waals surface area (Å²) in [5.41, 5.74) is -0.549. The van der Waals surface area contributed by atoms with E-state index >= 15 is 0 Å². The van der Waals surface area contributed by atoms with E-state index in [0.29, 0.717) is 5.82 Å². The number of anilines is 2. The zero-order chi connectivity index (χ0) is 7.84. The average molecular weight is 155 g/mol. The Labute approximate surface area is 60.5 Å². The summed E-state index contributed by atoms with van der Waals surface area (Å²) in [4.78, 5) is 14.1. The third-order valence-corrected chi connectivity index (χ3v) is 1.25. The number of rotatable bonds is 0. The number of aliphatic hydroxyl groups excluding tert-OH is 1. The summed E-state index contributed by atoms with van der Waals surface area (Å²) in [7, 11) is 0. The van der Waals surface area contributed by atoms with E-state index in [1.165, 1.54) is 0 Å². The normalized spacial score (nSPS) is 20.3. The van der Waals surface area contributed by atoms with Gasteiger partial charge in [0.25, 0.3) is 0 Å². The Bertz CT molecular complexity index is 333. The molecule has 0 fully saturated rings. The number of fused-ring (bicyclic) bond motifs is 1. The van der Waals surface area contributed by atoms with Gasteiger partial charge in [0.2, 0.25) is 6.35 Å². The third kappa shape index (κ3) is 0.905. The van der Waals surface area contributed by atoms with Crippen LogP contribution in [0.3, 0.4) is 0 Å². The van der Waals surface area contributed by atoms with E-state index in [2.05, 4.69) is 25.8 Å². The molecule has 1 atom stereocenters. The summed E-state index contributed by atoms with van der Waals surface area (Å²) in [5, 5.41) is 19.6. The molecule has 4 N–H and O–H groups in total. The molecular formula is C4H5N5O2. The van der Waals surface area contributed by atoms with Gasteiger partial charge in [-0.3, -0.25) is 0 Å². The summed E-state index contributed by atoms with van der Waals surface area (Å²) in [6.45, 7) is 0. The fourth-order valence-corrected chi connectivity index (χ4v) is 0.833. The van der Waals surface area contributed by atoms with Crippen LogP contribution in [0, 0.1) is 0 Å². The predicted octanol–water partition coefficient (Wildman–Crippen LogP) is -1.72. The molecule has 1 aromatic rings. The fourth-order valence-electron chi connectivity index (χ4n) is 0.833. The lowest BCUT2D eigenvalue weighted by Crippen LogP contribution is -2.20. The SMILES string of the molecule is O=c1nc2c(n[nH]1)NC(O)N2. The molecule has 7 heteroatoms. The maximum atomic E-state index is 10.6. The van der Waals surface area contributed by atoms with Crippen molar-refractivity contribution < 1.29 is 5.11 Å². The molecule has 0 saturated heterocycles. The van der Waals surface area contributed by atoms with Gasteiger partial charge in [-0.05, 0) is 0 Å². The molecule has 58 valence electrons. The van der Waals surface area contributed by atoms with E-state index in [1.807, 2.05) is 0 Å². The molecule has 2 rings (SSSR count). The molecule has 0 radical (unpaired) electrons. The lowest BCUT2D eigenvalue weighted by atomic mass is 10.7. The molecule has 0 bridgehead atoms. The first-order valence-corrected chi connectivity index (χ1v) is 2.93. The largest absolute Gasteiger partial charge is 0.363 e. The Morgan fingerprint density at radius 3 is 2.91 bits per heavy atom. The van der Waals surface area contributed by atoms with Crippen LogP contribution < -0.4 is 16.3 Å². The van der Waals surface area contributed by atoms with Crippen molar-refractivity contribution in [3.63, 3.8) is 0 Å². The summed E-state index contributed by atoms with van der Waals surface area (Å²) >= 11 is 0. The topological polar surface area (TPSA) is 103 Å². The van der Waals surface area contributed by atoms with E-state index in [4.69, 9.17) is 5.11 Å². The highest BCUT2D eigenvalue weighted by atomic mass is 16.3. The summed E-state index contributed by atoms with van der Waals surface area (Å²) < 4.78 is 0. The first-order chi connectivity index (χ1) is 5.25. The molecule has 2 heterocycles. The molecule has 0 amide bonds. The minimum absolute atomic E-state index is 0.265. The Hall–Kier alpha value is -1.63. The molecular weight excluding hydrogens is 150 g/mol. The van der Waals surface area contributed by atoms with Gasteiger partial charge in [0.1, 0.15) is 0 Å². The summed E-state index contributed by atoms with van der Waals surface area (Å²) in [5.74, 6) is 0.610. The van der Waals surface area contributed by atoms with E-state index in [1.54, 1.807) is 0 Å². The van der Waals surface area contributed by atoms with Crippen molar-refractivity contribution in [1.29, 1.82) is 0 Å². The number of aromatic amines is 1. The number of aromatic nitrogens is 3. The second kappa shape index (κ2) is 1.92. The maximum Gasteiger partial charge on any atom is 0.363 e. The van der Waals surface area contributed by atoms with Gasteiger partial charge in [-0.2, -0.15) is 4.98 Å². The van der Waals surface area contributed by atoms with Crippen molar-refractivity contribution in [2.75, 3.05) is 10.6 Å². The second-order valence-corrected chi connectivity index (χ2v) is 2.03. The number of nitrogens with zero attached hydrogens (tertiary/aromatic N) is 2. The molecule has 11 heavy (non-hydrogen) atoms. The second-order valence-electron chi connectivity index (χ2n) is 2.03. The van der Waals surface area contributed by atoms with E-state index < -0.39 is 12.0 Å². The van der Waals surface area contributed by atoms with Gasteiger partial charge < -0.3 is 15.7 Å². The van der Waals surface area contributed by atoms with Crippen LogP contribution in [-0.2, 0) is 0 Å². The van der Waals surface area contributed by atoms with Gasteiger partial charge in [-0.25, -0.2) is 9.89 Å². The number of hydrogen-bond acceptors (Lipinski definition) is 6. The first-order valence-electron chi connectivity index (χ1n) is 2.93. The number of hydrogen-bond donors (Lipinski definition) is 4. The van der Waals surface area contributed by atoms with Crippen LogP contribution in [0.15, 0.2) is 4.79 Å². The summed E-state index contributed by atoms with van der Waals surface area (Å²) in [6.07, 6.45) is -0.916. The Balaban J connectivity index is 2.51. The Morgan fingerprint density at radius 2 is 2.09 bits per heavy atom. The van der Waals surface area contributed by atoms with E-state index in [9.17, 15) is 4.79 Å². The smallest absolute Gasteiger partial charge is 0.356 e. The monoisotopic (exact) mass is 155 g/mol. The molecule has 1 aromatic heterocycles. The molecule has 0 saturated carbocycles. The zero-order valence-corrected chi connectivity index (χ0v) is 5.33. The van der Waals surface area contributed by atoms with Crippen LogP contribution >= 0.6 is 0 Å². The number of nitrogens with one attached hydrogen (secondary N) is 3. The van der Waals surface area contributed by atoms with Crippen molar-refractivity contribution >= 4 is 11.6 Å². The lowest BCUT2D eigenvalue weighted by Gasteiger charge is -1.98. The van der Waals surface area contributed by atoms with Crippen LogP contribution in [0.25, 0.3) is 0 Å². The minimum Gasteiger partial charge on any atom is -0.356 e. The lowest BCUT2D eigenvalue weighted by molar-refractivity contribution is 0.237. The maximum absolute atomic E-state index is 10.6. The molecule has 0 aromatic carbocycles. The molecule has 0 aliphatic carbocycles. The van der Waals surface area contributed by atoms with E-state index in [-0.39, 0.29) is 5.82 Å². The van der Waals surface area contributed by atoms with Crippen molar-refractivity contribution in [3.05, 3.63) is 10.5 Å². The molecule has 1 unspecified atom stereocenters. The van der Waals surface area contributed by atoms with Crippen LogP contribution in [0.2, 0.25) is 0 Å². The zero-order valence-electron chi connectivity index (χ0n) is 5.33. The van der Waals surface area contributed by atoms with Gasteiger partial charge in [0.05, 0.1) is 0 Å². The van der Waals surface area contributed by atoms with Crippen LogP contribution in [0.4, 0.5) is 11.6 Å². The standard InChI is InChI=1S/C4H5N5O2/c10-3-5-1-2(7-3)8-9-4(11)6-1/h3,10H,(H,7,8)(H2,5,6,9,11). The summed E-state index contributed by atoms with van der Waals surface area (Å²) in [6, 6.07) is 0. The fraction of sp³-hybridized carbons (Fsp3) is 0.250.